The van der Waals surface area contributed by atoms with E-state index >= 15 is 0 Å². The monoisotopic (exact) mass is 398 g/mol. The van der Waals surface area contributed by atoms with Gasteiger partial charge in [-0.25, -0.2) is 0 Å². The zero-order valence-electron chi connectivity index (χ0n) is 12.6. The van der Waals surface area contributed by atoms with E-state index in [9.17, 15) is 0 Å². The number of aromatic nitrogens is 1. The Hall–Kier alpha value is -1.37. The van der Waals surface area contributed by atoms with Gasteiger partial charge >= 0.3 is 0 Å². The number of rotatable bonds is 5. The Labute approximate surface area is 143 Å². The number of fused-ring (bicyclic) bond motifs is 1. The molecular formula is C16H23IN4. The average Bonchev–Trinajstić information content (AvgIpc) is 2.50. The number of pyridine rings is 1. The highest BCUT2D eigenvalue weighted by molar-refractivity contribution is 14.0. The number of hydrogen-bond acceptors (Lipinski definition) is 2. The highest BCUT2D eigenvalue weighted by Crippen LogP contribution is 2.15. The molecule has 1 heterocycles. The molecule has 0 radical (unpaired) electrons. The molecule has 1 aromatic carbocycles. The van der Waals surface area contributed by atoms with Crippen molar-refractivity contribution in [3.63, 3.8) is 0 Å². The maximum Gasteiger partial charge on any atom is 0.191 e. The molecule has 2 N–H and O–H groups in total. The van der Waals surface area contributed by atoms with Crippen molar-refractivity contribution in [1.82, 2.24) is 15.6 Å². The molecule has 0 aliphatic heterocycles. The maximum absolute atomic E-state index is 4.38. The van der Waals surface area contributed by atoms with Crippen molar-refractivity contribution in [1.29, 1.82) is 0 Å². The number of hydrogen-bond donors (Lipinski definition) is 2. The lowest BCUT2D eigenvalue weighted by molar-refractivity contribution is 0.729. The lowest BCUT2D eigenvalue weighted by atomic mass is 10.1. The third-order valence-corrected chi connectivity index (χ3v) is 3.23. The predicted octanol–water partition coefficient (Wildman–Crippen LogP) is 3.32. The minimum absolute atomic E-state index is 0. The van der Waals surface area contributed by atoms with Gasteiger partial charge in [0.05, 0.1) is 5.52 Å². The first-order valence-corrected chi connectivity index (χ1v) is 7.12. The first-order chi connectivity index (χ1) is 9.85. The number of guanidine groups is 1. The zero-order chi connectivity index (χ0) is 14.2. The van der Waals surface area contributed by atoms with Crippen LogP contribution < -0.4 is 10.6 Å². The van der Waals surface area contributed by atoms with Crippen molar-refractivity contribution in [2.45, 2.75) is 26.3 Å². The second-order valence-electron chi connectivity index (χ2n) is 4.69. The van der Waals surface area contributed by atoms with Crippen molar-refractivity contribution in [3.05, 3.63) is 42.1 Å². The van der Waals surface area contributed by atoms with E-state index in [1.165, 1.54) is 17.4 Å². The van der Waals surface area contributed by atoms with Gasteiger partial charge in [-0.3, -0.25) is 9.98 Å². The topological polar surface area (TPSA) is 49.3 Å². The molecule has 2 rings (SSSR count). The largest absolute Gasteiger partial charge is 0.356 e. The third-order valence-electron chi connectivity index (χ3n) is 3.23. The van der Waals surface area contributed by atoms with E-state index in [0.29, 0.717) is 0 Å². The van der Waals surface area contributed by atoms with Crippen LogP contribution in [0, 0.1) is 0 Å². The second-order valence-corrected chi connectivity index (χ2v) is 4.69. The van der Waals surface area contributed by atoms with Crippen LogP contribution in [0.25, 0.3) is 10.9 Å². The highest BCUT2D eigenvalue weighted by Gasteiger charge is 2.02. The fraction of sp³-hybridized carbons (Fsp3) is 0.375. The summed E-state index contributed by atoms with van der Waals surface area (Å²) < 4.78 is 0. The van der Waals surface area contributed by atoms with E-state index in [2.05, 4.69) is 39.7 Å². The van der Waals surface area contributed by atoms with Gasteiger partial charge in [0.25, 0.3) is 0 Å². The van der Waals surface area contributed by atoms with E-state index in [1.807, 2.05) is 24.4 Å². The Kier molecular flexibility index (Phi) is 8.04. The van der Waals surface area contributed by atoms with E-state index in [0.717, 1.165) is 31.0 Å². The summed E-state index contributed by atoms with van der Waals surface area (Å²) in [5.41, 5.74) is 2.26. The molecule has 1 aromatic heterocycles. The van der Waals surface area contributed by atoms with Crippen molar-refractivity contribution in [3.8, 4) is 0 Å². The van der Waals surface area contributed by atoms with Crippen LogP contribution in [-0.4, -0.2) is 24.5 Å². The molecule has 5 heteroatoms. The lowest BCUT2D eigenvalue weighted by Gasteiger charge is -2.12. The lowest BCUT2D eigenvalue weighted by Crippen LogP contribution is -2.37. The molecule has 21 heavy (non-hydrogen) atoms. The van der Waals surface area contributed by atoms with Gasteiger partial charge in [-0.2, -0.15) is 0 Å². The van der Waals surface area contributed by atoms with Gasteiger partial charge in [0, 0.05) is 31.7 Å². The summed E-state index contributed by atoms with van der Waals surface area (Å²) in [6, 6.07) is 10.2. The molecule has 0 fully saturated rings. The Bertz CT molecular complexity index is 578. The molecule has 0 amide bonds. The van der Waals surface area contributed by atoms with Crippen LogP contribution in [0.3, 0.4) is 0 Å². The molecule has 0 aliphatic carbocycles. The minimum atomic E-state index is 0. The fourth-order valence-electron chi connectivity index (χ4n) is 2.09. The van der Waals surface area contributed by atoms with Crippen molar-refractivity contribution in [2.75, 3.05) is 13.6 Å². The average molecular weight is 398 g/mol. The molecule has 2 aromatic rings. The Morgan fingerprint density at radius 1 is 1.19 bits per heavy atom. The summed E-state index contributed by atoms with van der Waals surface area (Å²) in [6.07, 6.45) is 4.19. The molecule has 0 bridgehead atoms. The molecule has 0 saturated heterocycles. The molecule has 0 spiro atoms. The van der Waals surface area contributed by atoms with Crippen LogP contribution in [0.1, 0.15) is 25.3 Å². The van der Waals surface area contributed by atoms with E-state index in [1.54, 1.807) is 7.05 Å². The molecule has 0 unspecified atom stereocenters. The van der Waals surface area contributed by atoms with Gasteiger partial charge in [0.1, 0.15) is 0 Å². The number of nitrogens with one attached hydrogen (secondary N) is 2. The third kappa shape index (κ3) is 5.15. The van der Waals surface area contributed by atoms with Gasteiger partial charge in [-0.05, 0) is 24.1 Å². The standard InChI is InChI=1S/C16H22N4.HI/c1-3-4-10-19-16(17-2)20-12-13-9-11-18-15-8-6-5-7-14(13)15;/h5-9,11H,3-4,10,12H2,1-2H3,(H2,17,19,20);1H. The van der Waals surface area contributed by atoms with Crippen LogP contribution >= 0.6 is 24.0 Å². The summed E-state index contributed by atoms with van der Waals surface area (Å²) in [5.74, 6) is 0.847. The van der Waals surface area contributed by atoms with Gasteiger partial charge in [0.2, 0.25) is 0 Å². The zero-order valence-corrected chi connectivity index (χ0v) is 14.9. The Morgan fingerprint density at radius 3 is 2.76 bits per heavy atom. The second kappa shape index (κ2) is 9.55. The van der Waals surface area contributed by atoms with Crippen molar-refractivity contribution < 1.29 is 0 Å². The molecule has 4 nitrogen and oxygen atoms in total. The number of para-hydroxylation sites is 1. The number of nitrogens with zero attached hydrogens (tertiary/aromatic N) is 2. The van der Waals surface area contributed by atoms with Crippen LogP contribution in [0.15, 0.2) is 41.5 Å². The van der Waals surface area contributed by atoms with Gasteiger partial charge in [0.15, 0.2) is 5.96 Å². The number of aliphatic imine (C=N–C) groups is 1. The molecule has 0 aliphatic rings. The van der Waals surface area contributed by atoms with E-state index in [4.69, 9.17) is 0 Å². The first kappa shape index (κ1) is 17.7. The highest BCUT2D eigenvalue weighted by atomic mass is 127. The quantitative estimate of drug-likeness (QED) is 0.352. The van der Waals surface area contributed by atoms with E-state index in [-0.39, 0.29) is 24.0 Å². The minimum Gasteiger partial charge on any atom is -0.356 e. The van der Waals surface area contributed by atoms with Crippen LogP contribution in [0.4, 0.5) is 0 Å². The van der Waals surface area contributed by atoms with Gasteiger partial charge < -0.3 is 10.6 Å². The van der Waals surface area contributed by atoms with Crippen LogP contribution in [0.5, 0.6) is 0 Å². The summed E-state index contributed by atoms with van der Waals surface area (Å²) >= 11 is 0. The summed E-state index contributed by atoms with van der Waals surface area (Å²) in [5, 5.41) is 7.85. The Morgan fingerprint density at radius 2 is 2.00 bits per heavy atom. The van der Waals surface area contributed by atoms with Gasteiger partial charge in [-0.1, -0.05) is 31.5 Å². The van der Waals surface area contributed by atoms with Gasteiger partial charge in [-0.15, -0.1) is 24.0 Å². The SMILES string of the molecule is CCCCNC(=NC)NCc1ccnc2ccccc12.I. The molecule has 0 saturated carbocycles. The summed E-state index contributed by atoms with van der Waals surface area (Å²) in [4.78, 5) is 8.61. The number of benzene rings is 1. The summed E-state index contributed by atoms with van der Waals surface area (Å²) in [7, 11) is 1.80. The normalized spacial score (nSPS) is 11.0. The summed E-state index contributed by atoms with van der Waals surface area (Å²) in [6.45, 7) is 3.88. The molecule has 114 valence electrons. The molecular weight excluding hydrogens is 375 g/mol. The molecule has 0 atom stereocenters. The van der Waals surface area contributed by atoms with Crippen molar-refractivity contribution >= 4 is 40.8 Å². The Balaban J connectivity index is 0.00000220. The van der Waals surface area contributed by atoms with Crippen molar-refractivity contribution in [2.24, 2.45) is 4.99 Å². The van der Waals surface area contributed by atoms with Crippen LogP contribution in [-0.2, 0) is 6.54 Å². The number of unbranched alkanes of at least 4 members (excludes halogenated alkanes) is 1. The first-order valence-electron chi connectivity index (χ1n) is 7.12. The maximum atomic E-state index is 4.38. The fourth-order valence-corrected chi connectivity index (χ4v) is 2.09. The smallest absolute Gasteiger partial charge is 0.191 e. The van der Waals surface area contributed by atoms with Crippen LogP contribution in [0.2, 0.25) is 0 Å². The van der Waals surface area contributed by atoms with E-state index < -0.39 is 0 Å². The predicted molar refractivity (Wildman–Crippen MR) is 100 cm³/mol. The number of halogens is 1.